The third kappa shape index (κ3) is 5.31. The Labute approximate surface area is 183 Å². The van der Waals surface area contributed by atoms with Crippen LogP contribution >= 0.6 is 0 Å². The van der Waals surface area contributed by atoms with Gasteiger partial charge in [0.25, 0.3) is 0 Å². The Morgan fingerprint density at radius 2 is 1.61 bits per heavy atom. The Bertz CT molecular complexity index is 881. The summed E-state index contributed by atoms with van der Waals surface area (Å²) in [4.78, 5) is 8.95. The molecule has 1 fully saturated rings. The first-order chi connectivity index (χ1) is 15.1. The van der Waals surface area contributed by atoms with E-state index in [1.54, 1.807) is 28.4 Å². The SMILES string of the molecule is CN=C(NCCc1ccc(OC)c(OC)c1OC)N1CCN(c2ccc(F)cc2)CC1. The number of benzene rings is 2. The van der Waals surface area contributed by atoms with Gasteiger partial charge in [-0.2, -0.15) is 0 Å². The maximum atomic E-state index is 13.2. The molecule has 0 spiro atoms. The summed E-state index contributed by atoms with van der Waals surface area (Å²) in [6, 6.07) is 10.5. The van der Waals surface area contributed by atoms with Gasteiger partial charge in [0.05, 0.1) is 21.3 Å². The first-order valence-corrected chi connectivity index (χ1v) is 10.3. The minimum Gasteiger partial charge on any atom is -0.493 e. The zero-order valence-corrected chi connectivity index (χ0v) is 18.7. The number of methoxy groups -OCH3 is 3. The minimum absolute atomic E-state index is 0.210. The van der Waals surface area contributed by atoms with E-state index in [4.69, 9.17) is 14.2 Å². The summed E-state index contributed by atoms with van der Waals surface area (Å²) < 4.78 is 29.6. The van der Waals surface area contributed by atoms with Crippen molar-refractivity contribution in [2.24, 2.45) is 4.99 Å². The molecule has 2 aromatic rings. The smallest absolute Gasteiger partial charge is 0.203 e. The number of rotatable bonds is 7. The van der Waals surface area contributed by atoms with E-state index in [9.17, 15) is 4.39 Å². The molecule has 8 heteroatoms. The summed E-state index contributed by atoms with van der Waals surface area (Å²) in [5.74, 6) is 2.59. The Hall–Kier alpha value is -3.16. The van der Waals surface area contributed by atoms with E-state index in [0.29, 0.717) is 23.8 Å². The maximum Gasteiger partial charge on any atom is 0.203 e. The topological polar surface area (TPSA) is 58.6 Å². The van der Waals surface area contributed by atoms with Crippen molar-refractivity contribution in [2.45, 2.75) is 6.42 Å². The van der Waals surface area contributed by atoms with Gasteiger partial charge in [0.2, 0.25) is 5.75 Å². The fraction of sp³-hybridized carbons (Fsp3) is 0.435. The molecule has 0 saturated carbocycles. The van der Waals surface area contributed by atoms with Crippen LogP contribution in [0.25, 0.3) is 0 Å². The molecule has 2 aromatic carbocycles. The lowest BCUT2D eigenvalue weighted by Crippen LogP contribution is -2.52. The summed E-state index contributed by atoms with van der Waals surface area (Å²) in [6.07, 6.45) is 0.748. The van der Waals surface area contributed by atoms with Crippen molar-refractivity contribution in [3.8, 4) is 17.2 Å². The van der Waals surface area contributed by atoms with Gasteiger partial charge in [-0.1, -0.05) is 6.07 Å². The number of aliphatic imine (C=N–C) groups is 1. The molecule has 3 rings (SSSR count). The van der Waals surface area contributed by atoms with Crippen molar-refractivity contribution in [3.05, 3.63) is 47.8 Å². The molecule has 0 aromatic heterocycles. The molecule has 1 aliphatic heterocycles. The average molecular weight is 431 g/mol. The predicted octanol–water partition coefficient (Wildman–Crippen LogP) is 2.79. The van der Waals surface area contributed by atoms with Gasteiger partial charge in [-0.05, 0) is 36.8 Å². The number of ether oxygens (including phenoxy) is 3. The number of nitrogens with zero attached hydrogens (tertiary/aromatic N) is 3. The Morgan fingerprint density at radius 1 is 0.935 bits per heavy atom. The van der Waals surface area contributed by atoms with Crippen LogP contribution in [0.5, 0.6) is 17.2 Å². The fourth-order valence-corrected chi connectivity index (χ4v) is 3.83. The highest BCUT2D eigenvalue weighted by Crippen LogP contribution is 2.39. The van der Waals surface area contributed by atoms with Gasteiger partial charge < -0.3 is 29.3 Å². The number of halogens is 1. The summed E-state index contributed by atoms with van der Waals surface area (Å²) in [5.41, 5.74) is 2.08. The molecule has 0 radical (unpaired) electrons. The van der Waals surface area contributed by atoms with E-state index in [0.717, 1.165) is 49.8 Å². The molecule has 7 nitrogen and oxygen atoms in total. The van der Waals surface area contributed by atoms with E-state index >= 15 is 0 Å². The fourth-order valence-electron chi connectivity index (χ4n) is 3.83. The molecule has 1 saturated heterocycles. The van der Waals surface area contributed by atoms with Gasteiger partial charge in [0.15, 0.2) is 17.5 Å². The summed E-state index contributed by atoms with van der Waals surface area (Å²) in [6.45, 7) is 4.11. The molecule has 0 amide bonds. The number of guanidine groups is 1. The van der Waals surface area contributed by atoms with E-state index in [-0.39, 0.29) is 5.82 Å². The lowest BCUT2D eigenvalue weighted by Gasteiger charge is -2.37. The Kier molecular flexibility index (Phi) is 7.81. The second-order valence-electron chi connectivity index (χ2n) is 7.17. The quantitative estimate of drug-likeness (QED) is 0.539. The van der Waals surface area contributed by atoms with Gasteiger partial charge in [0.1, 0.15) is 5.82 Å². The zero-order valence-electron chi connectivity index (χ0n) is 18.7. The largest absolute Gasteiger partial charge is 0.493 e. The molecule has 0 atom stereocenters. The number of hydrogen-bond acceptors (Lipinski definition) is 5. The van der Waals surface area contributed by atoms with Crippen molar-refractivity contribution in [1.29, 1.82) is 0 Å². The minimum atomic E-state index is -0.210. The first kappa shape index (κ1) is 22.5. The summed E-state index contributed by atoms with van der Waals surface area (Å²) >= 11 is 0. The zero-order chi connectivity index (χ0) is 22.2. The van der Waals surface area contributed by atoms with Gasteiger partial charge in [0, 0.05) is 51.0 Å². The molecule has 0 unspecified atom stereocenters. The Morgan fingerprint density at radius 3 is 2.19 bits per heavy atom. The highest BCUT2D eigenvalue weighted by molar-refractivity contribution is 5.80. The number of piperazine rings is 1. The molecule has 168 valence electrons. The third-order valence-electron chi connectivity index (χ3n) is 5.45. The van der Waals surface area contributed by atoms with Crippen LogP contribution in [0.1, 0.15) is 5.56 Å². The van der Waals surface area contributed by atoms with Crippen LogP contribution < -0.4 is 24.4 Å². The summed E-state index contributed by atoms with van der Waals surface area (Å²) in [5, 5.41) is 3.45. The van der Waals surface area contributed by atoms with Crippen LogP contribution in [0.4, 0.5) is 10.1 Å². The van der Waals surface area contributed by atoms with Crippen molar-refractivity contribution in [2.75, 3.05) is 66.0 Å². The highest BCUT2D eigenvalue weighted by atomic mass is 19.1. The van der Waals surface area contributed by atoms with E-state index < -0.39 is 0 Å². The molecule has 1 aliphatic rings. The van der Waals surface area contributed by atoms with E-state index in [1.807, 2.05) is 24.3 Å². The first-order valence-electron chi connectivity index (χ1n) is 10.3. The summed E-state index contributed by atoms with van der Waals surface area (Å²) in [7, 11) is 6.65. The molecule has 0 bridgehead atoms. The molecule has 0 aliphatic carbocycles. The predicted molar refractivity (Wildman–Crippen MR) is 121 cm³/mol. The lowest BCUT2D eigenvalue weighted by molar-refractivity contribution is 0.322. The Balaban J connectivity index is 1.55. The molecule has 1 heterocycles. The maximum absolute atomic E-state index is 13.2. The second-order valence-corrected chi connectivity index (χ2v) is 7.17. The van der Waals surface area contributed by atoms with E-state index in [2.05, 4.69) is 20.1 Å². The van der Waals surface area contributed by atoms with Crippen LogP contribution in [0.15, 0.2) is 41.4 Å². The van der Waals surface area contributed by atoms with Crippen LogP contribution in [0, 0.1) is 5.82 Å². The van der Waals surface area contributed by atoms with Crippen molar-refractivity contribution in [1.82, 2.24) is 10.2 Å². The van der Waals surface area contributed by atoms with Gasteiger partial charge in [-0.15, -0.1) is 0 Å². The normalized spacial score (nSPS) is 14.4. The lowest BCUT2D eigenvalue weighted by atomic mass is 10.1. The highest BCUT2D eigenvalue weighted by Gasteiger charge is 2.20. The van der Waals surface area contributed by atoms with Crippen molar-refractivity contribution < 1.29 is 18.6 Å². The number of hydrogen-bond donors (Lipinski definition) is 1. The molecular formula is C23H31FN4O3. The number of nitrogens with one attached hydrogen (secondary N) is 1. The standard InChI is InChI=1S/C23H31FN4O3/c1-25-23(28-15-13-27(14-16-28)19-8-6-18(24)7-9-19)26-12-11-17-5-10-20(29-2)22(31-4)21(17)30-3/h5-10H,11-16H2,1-4H3,(H,25,26). The van der Waals surface area contributed by atoms with E-state index in [1.165, 1.54) is 12.1 Å². The van der Waals surface area contributed by atoms with Crippen LogP contribution in [0.3, 0.4) is 0 Å². The van der Waals surface area contributed by atoms with Gasteiger partial charge in [-0.25, -0.2) is 4.39 Å². The molecule has 31 heavy (non-hydrogen) atoms. The van der Waals surface area contributed by atoms with Crippen LogP contribution in [-0.2, 0) is 6.42 Å². The van der Waals surface area contributed by atoms with Gasteiger partial charge in [-0.3, -0.25) is 4.99 Å². The second kappa shape index (κ2) is 10.7. The number of anilines is 1. The van der Waals surface area contributed by atoms with Gasteiger partial charge >= 0.3 is 0 Å². The third-order valence-corrected chi connectivity index (χ3v) is 5.45. The average Bonchev–Trinajstić information content (AvgIpc) is 2.82. The molecule has 1 N–H and O–H groups in total. The monoisotopic (exact) mass is 430 g/mol. The van der Waals surface area contributed by atoms with Crippen molar-refractivity contribution in [3.63, 3.8) is 0 Å². The van der Waals surface area contributed by atoms with Crippen molar-refractivity contribution >= 4 is 11.6 Å². The molecular weight excluding hydrogens is 399 g/mol. The van der Waals surface area contributed by atoms with Crippen LogP contribution in [0.2, 0.25) is 0 Å². The van der Waals surface area contributed by atoms with Crippen LogP contribution in [-0.4, -0.2) is 72.0 Å².